The first-order chi connectivity index (χ1) is 9.20. The Balaban J connectivity index is 2.52. The minimum Gasteiger partial charge on any atom is -0.248 e. The minimum absolute atomic E-state index is 0.226. The average molecular weight is 327 g/mol. The van der Waals surface area contributed by atoms with Crippen molar-refractivity contribution in [1.29, 1.82) is 0 Å². The van der Waals surface area contributed by atoms with Crippen LogP contribution in [-0.4, -0.2) is 23.6 Å². The smallest absolute Gasteiger partial charge is 0.248 e. The zero-order valence-electron chi connectivity index (χ0n) is 9.44. The molecule has 0 fully saturated rings. The number of nitrogens with one attached hydrogen (secondary N) is 2. The zero-order chi connectivity index (χ0) is 15.0. The van der Waals surface area contributed by atoms with Crippen LogP contribution < -0.4 is 4.72 Å². The molecule has 6 nitrogen and oxygen atoms in total. The van der Waals surface area contributed by atoms with Crippen LogP contribution >= 0.6 is 11.6 Å². The normalized spacial score (nSPS) is 12.4. The Morgan fingerprint density at radius 2 is 2.00 bits per heavy atom. The predicted molar refractivity (Wildman–Crippen MR) is 63.6 cm³/mol. The van der Waals surface area contributed by atoms with Crippen LogP contribution in [0.3, 0.4) is 0 Å². The SMILES string of the molecule is O=S(=O)(Nc1ncn[nH]1)c1ccc(Cl)cc1C(F)(F)F. The molecule has 2 rings (SSSR count). The van der Waals surface area contributed by atoms with Crippen LogP contribution in [0.4, 0.5) is 19.1 Å². The number of halogens is 4. The van der Waals surface area contributed by atoms with E-state index in [2.05, 4.69) is 15.2 Å². The van der Waals surface area contributed by atoms with Crippen LogP contribution in [0.15, 0.2) is 29.4 Å². The fourth-order valence-corrected chi connectivity index (χ4v) is 2.74. The summed E-state index contributed by atoms with van der Waals surface area (Å²) >= 11 is 5.47. The van der Waals surface area contributed by atoms with Crippen LogP contribution in [0.1, 0.15) is 5.56 Å². The first-order valence-electron chi connectivity index (χ1n) is 4.95. The van der Waals surface area contributed by atoms with Gasteiger partial charge in [0, 0.05) is 5.02 Å². The van der Waals surface area contributed by atoms with Gasteiger partial charge in [0.1, 0.15) is 6.33 Å². The summed E-state index contributed by atoms with van der Waals surface area (Å²) < 4.78 is 64.3. The summed E-state index contributed by atoms with van der Waals surface area (Å²) in [5, 5.41) is 5.33. The van der Waals surface area contributed by atoms with E-state index >= 15 is 0 Å². The third kappa shape index (κ3) is 3.02. The van der Waals surface area contributed by atoms with Crippen molar-refractivity contribution in [2.75, 3.05) is 4.72 Å². The lowest BCUT2D eigenvalue weighted by Gasteiger charge is -2.13. The van der Waals surface area contributed by atoms with Gasteiger partial charge in [0.2, 0.25) is 5.95 Å². The van der Waals surface area contributed by atoms with Crippen LogP contribution in [0.5, 0.6) is 0 Å². The molecular weight excluding hydrogens is 321 g/mol. The van der Waals surface area contributed by atoms with Gasteiger partial charge in [-0.05, 0) is 18.2 Å². The van der Waals surface area contributed by atoms with Crippen LogP contribution in [0.25, 0.3) is 0 Å². The van der Waals surface area contributed by atoms with E-state index in [1.54, 1.807) is 0 Å². The van der Waals surface area contributed by atoms with Crippen molar-refractivity contribution in [3.8, 4) is 0 Å². The monoisotopic (exact) mass is 326 g/mol. The molecule has 0 radical (unpaired) electrons. The molecule has 0 amide bonds. The van der Waals surface area contributed by atoms with E-state index in [4.69, 9.17) is 11.6 Å². The van der Waals surface area contributed by atoms with E-state index in [-0.39, 0.29) is 11.0 Å². The van der Waals surface area contributed by atoms with E-state index in [1.165, 1.54) is 0 Å². The van der Waals surface area contributed by atoms with Gasteiger partial charge < -0.3 is 0 Å². The first kappa shape index (κ1) is 14.6. The van der Waals surface area contributed by atoms with Crippen LogP contribution in [-0.2, 0) is 16.2 Å². The van der Waals surface area contributed by atoms with Crippen LogP contribution in [0.2, 0.25) is 5.02 Å². The highest BCUT2D eigenvalue weighted by molar-refractivity contribution is 7.92. The van der Waals surface area contributed by atoms with Crippen LogP contribution in [0, 0.1) is 0 Å². The van der Waals surface area contributed by atoms with Gasteiger partial charge in [-0.25, -0.2) is 18.2 Å². The van der Waals surface area contributed by atoms with E-state index in [0.717, 1.165) is 18.5 Å². The Labute approximate surface area is 116 Å². The van der Waals surface area contributed by atoms with Crippen molar-refractivity contribution < 1.29 is 21.6 Å². The number of alkyl halides is 3. The van der Waals surface area contributed by atoms with Crippen molar-refractivity contribution in [3.63, 3.8) is 0 Å². The number of hydrogen-bond acceptors (Lipinski definition) is 4. The topological polar surface area (TPSA) is 87.7 Å². The lowest BCUT2D eigenvalue weighted by Crippen LogP contribution is -2.19. The third-order valence-electron chi connectivity index (χ3n) is 2.18. The van der Waals surface area contributed by atoms with Gasteiger partial charge >= 0.3 is 6.18 Å². The summed E-state index contributed by atoms with van der Waals surface area (Å²) in [6.07, 6.45) is -3.86. The number of rotatable bonds is 3. The lowest BCUT2D eigenvalue weighted by molar-refractivity contribution is -0.139. The lowest BCUT2D eigenvalue weighted by atomic mass is 10.2. The maximum atomic E-state index is 12.9. The Morgan fingerprint density at radius 3 is 2.55 bits per heavy atom. The Kier molecular flexibility index (Phi) is 3.61. The second-order valence-electron chi connectivity index (χ2n) is 3.58. The third-order valence-corrected chi connectivity index (χ3v) is 3.81. The molecule has 1 aromatic carbocycles. The number of nitrogens with zero attached hydrogens (tertiary/aromatic N) is 2. The van der Waals surface area contributed by atoms with Gasteiger partial charge in [0.05, 0.1) is 10.5 Å². The van der Waals surface area contributed by atoms with Gasteiger partial charge in [-0.1, -0.05) is 11.6 Å². The molecule has 0 bridgehead atoms. The van der Waals surface area contributed by atoms with Gasteiger partial charge in [-0.3, -0.25) is 0 Å². The molecule has 0 aliphatic heterocycles. The predicted octanol–water partition coefficient (Wildman–Crippen LogP) is 2.28. The molecule has 0 saturated heterocycles. The number of hydrogen-bond donors (Lipinski definition) is 2. The molecule has 2 aromatic rings. The Morgan fingerprint density at radius 1 is 1.30 bits per heavy atom. The summed E-state index contributed by atoms with van der Waals surface area (Å²) in [6, 6.07) is 2.35. The quantitative estimate of drug-likeness (QED) is 0.905. The molecule has 2 N–H and O–H groups in total. The van der Waals surface area contributed by atoms with E-state index in [1.807, 2.05) is 4.72 Å². The summed E-state index contributed by atoms with van der Waals surface area (Å²) in [6.45, 7) is 0. The zero-order valence-corrected chi connectivity index (χ0v) is 11.0. The summed E-state index contributed by atoms with van der Waals surface area (Å²) in [4.78, 5) is 2.52. The molecule has 0 saturated carbocycles. The van der Waals surface area contributed by atoms with Crippen molar-refractivity contribution in [2.45, 2.75) is 11.1 Å². The molecule has 108 valence electrons. The van der Waals surface area contributed by atoms with Crippen molar-refractivity contribution >= 4 is 27.6 Å². The molecule has 0 atom stereocenters. The summed E-state index contributed by atoms with van der Waals surface area (Å²) in [5.74, 6) is -0.298. The Bertz CT molecular complexity index is 715. The van der Waals surface area contributed by atoms with Gasteiger partial charge in [0.25, 0.3) is 10.0 Å². The molecule has 1 heterocycles. The molecule has 1 aromatic heterocycles. The summed E-state index contributed by atoms with van der Waals surface area (Å²) in [5.41, 5.74) is -1.36. The van der Waals surface area contributed by atoms with E-state index in [9.17, 15) is 21.6 Å². The molecule has 0 spiro atoms. The van der Waals surface area contributed by atoms with E-state index < -0.39 is 26.7 Å². The van der Waals surface area contributed by atoms with Crippen molar-refractivity contribution in [3.05, 3.63) is 35.1 Å². The number of sulfonamides is 1. The second-order valence-corrected chi connectivity index (χ2v) is 5.67. The largest absolute Gasteiger partial charge is 0.417 e. The highest BCUT2D eigenvalue weighted by Gasteiger charge is 2.37. The average Bonchev–Trinajstić information content (AvgIpc) is 2.79. The van der Waals surface area contributed by atoms with Gasteiger partial charge in [-0.2, -0.15) is 23.3 Å². The number of aromatic nitrogens is 3. The fourth-order valence-electron chi connectivity index (χ4n) is 1.39. The maximum Gasteiger partial charge on any atom is 0.417 e. The Hall–Kier alpha value is -1.81. The standard InChI is InChI=1S/C9H6ClF3N4O2S/c10-5-1-2-7(6(3-5)9(11,12)13)20(18,19)17-8-14-4-15-16-8/h1-4H,(H2,14,15,16,17). The number of anilines is 1. The molecule has 0 aliphatic carbocycles. The highest BCUT2D eigenvalue weighted by Crippen LogP contribution is 2.36. The van der Waals surface area contributed by atoms with Gasteiger partial charge in [0.15, 0.2) is 0 Å². The molecule has 0 unspecified atom stereocenters. The number of H-pyrrole nitrogens is 1. The maximum absolute atomic E-state index is 12.9. The van der Waals surface area contributed by atoms with E-state index in [0.29, 0.717) is 6.07 Å². The second kappa shape index (κ2) is 4.94. The highest BCUT2D eigenvalue weighted by atomic mass is 35.5. The molecular formula is C9H6ClF3N4O2S. The molecule has 11 heteroatoms. The number of benzene rings is 1. The first-order valence-corrected chi connectivity index (χ1v) is 6.81. The van der Waals surface area contributed by atoms with Crippen molar-refractivity contribution in [2.24, 2.45) is 0 Å². The van der Waals surface area contributed by atoms with Crippen molar-refractivity contribution in [1.82, 2.24) is 15.2 Å². The molecule has 20 heavy (non-hydrogen) atoms. The van der Waals surface area contributed by atoms with Gasteiger partial charge in [-0.15, -0.1) is 0 Å². The fraction of sp³-hybridized carbons (Fsp3) is 0.111. The summed E-state index contributed by atoms with van der Waals surface area (Å²) in [7, 11) is -4.48. The minimum atomic E-state index is -4.86. The molecule has 0 aliphatic rings. The number of aromatic amines is 1.